The fraction of sp³-hybridized carbons (Fsp3) is 0.562. The van der Waals surface area contributed by atoms with Gasteiger partial charge in [0.2, 0.25) is 0 Å². The van der Waals surface area contributed by atoms with E-state index in [2.05, 4.69) is 31.2 Å². The Morgan fingerprint density at radius 1 is 1.12 bits per heavy atom. The fourth-order valence-electron chi connectivity index (χ4n) is 2.61. The number of rotatable bonds is 4. The van der Waals surface area contributed by atoms with Gasteiger partial charge in [-0.15, -0.1) is 0 Å². The number of ketones is 1. The minimum absolute atomic E-state index is 0.445. The molecule has 1 aromatic carbocycles. The standard InChI is InChI=1S/C16H22O/c1-2-3-4-13-5-7-14(8-6-13)15-9-11-16(17)12-10-15/h5-8,15H,2-4,9-12H2,1H3. The van der Waals surface area contributed by atoms with Crippen LogP contribution in [0, 0.1) is 0 Å². The van der Waals surface area contributed by atoms with Crippen LogP contribution in [0.4, 0.5) is 0 Å². The van der Waals surface area contributed by atoms with Gasteiger partial charge < -0.3 is 0 Å². The highest BCUT2D eigenvalue weighted by Crippen LogP contribution is 2.31. The number of benzene rings is 1. The predicted molar refractivity (Wildman–Crippen MR) is 71.3 cm³/mol. The number of hydrogen-bond acceptors (Lipinski definition) is 1. The first-order valence-corrected chi connectivity index (χ1v) is 6.90. The van der Waals surface area contributed by atoms with Gasteiger partial charge in [-0.3, -0.25) is 4.79 Å². The molecule has 0 radical (unpaired) electrons. The molecule has 1 aromatic rings. The topological polar surface area (TPSA) is 17.1 Å². The Morgan fingerprint density at radius 3 is 2.35 bits per heavy atom. The summed E-state index contributed by atoms with van der Waals surface area (Å²) in [6.07, 6.45) is 7.38. The summed E-state index contributed by atoms with van der Waals surface area (Å²) >= 11 is 0. The summed E-state index contributed by atoms with van der Waals surface area (Å²) in [5.41, 5.74) is 2.88. The van der Waals surface area contributed by atoms with Gasteiger partial charge in [0.05, 0.1) is 0 Å². The molecule has 0 spiro atoms. The number of carbonyl (C=O) groups is 1. The summed E-state index contributed by atoms with van der Waals surface area (Å²) in [7, 11) is 0. The Hall–Kier alpha value is -1.11. The molecule has 1 heteroatoms. The molecule has 1 nitrogen and oxygen atoms in total. The second-order valence-corrected chi connectivity index (χ2v) is 5.16. The van der Waals surface area contributed by atoms with E-state index in [0.717, 1.165) is 25.7 Å². The van der Waals surface area contributed by atoms with Crippen molar-refractivity contribution < 1.29 is 4.79 Å². The van der Waals surface area contributed by atoms with Crippen molar-refractivity contribution in [3.8, 4) is 0 Å². The maximum Gasteiger partial charge on any atom is 0.132 e. The zero-order valence-corrected chi connectivity index (χ0v) is 10.7. The van der Waals surface area contributed by atoms with Gasteiger partial charge >= 0.3 is 0 Å². The number of carbonyl (C=O) groups excluding carboxylic acids is 1. The second kappa shape index (κ2) is 6.00. The molecule has 0 bridgehead atoms. The van der Waals surface area contributed by atoms with E-state index in [1.54, 1.807) is 0 Å². The SMILES string of the molecule is CCCCc1ccc(C2CCC(=O)CC2)cc1. The summed E-state index contributed by atoms with van der Waals surface area (Å²) in [6.45, 7) is 2.23. The quantitative estimate of drug-likeness (QED) is 0.755. The average molecular weight is 230 g/mol. The van der Waals surface area contributed by atoms with E-state index >= 15 is 0 Å². The maximum absolute atomic E-state index is 11.2. The van der Waals surface area contributed by atoms with Crippen LogP contribution >= 0.6 is 0 Å². The molecule has 1 fully saturated rings. The Bertz CT molecular complexity index is 354. The maximum atomic E-state index is 11.2. The predicted octanol–water partition coefficient (Wildman–Crippen LogP) is 4.26. The van der Waals surface area contributed by atoms with Crippen molar-refractivity contribution in [2.75, 3.05) is 0 Å². The van der Waals surface area contributed by atoms with E-state index < -0.39 is 0 Å². The van der Waals surface area contributed by atoms with Gasteiger partial charge in [0.25, 0.3) is 0 Å². The lowest BCUT2D eigenvalue weighted by molar-refractivity contribution is -0.120. The van der Waals surface area contributed by atoms with Crippen molar-refractivity contribution >= 4 is 5.78 Å². The minimum atomic E-state index is 0.445. The third-order valence-electron chi connectivity index (χ3n) is 3.81. The largest absolute Gasteiger partial charge is 0.300 e. The molecule has 0 atom stereocenters. The summed E-state index contributed by atoms with van der Waals surface area (Å²) in [6, 6.07) is 9.07. The van der Waals surface area contributed by atoms with E-state index in [4.69, 9.17) is 0 Å². The molecule has 0 aliphatic heterocycles. The summed E-state index contributed by atoms with van der Waals surface area (Å²) in [4.78, 5) is 11.2. The highest BCUT2D eigenvalue weighted by atomic mass is 16.1. The minimum Gasteiger partial charge on any atom is -0.300 e. The van der Waals surface area contributed by atoms with E-state index in [-0.39, 0.29) is 0 Å². The van der Waals surface area contributed by atoms with E-state index in [1.165, 1.54) is 30.4 Å². The molecular formula is C16H22O. The normalized spacial score (nSPS) is 17.4. The molecule has 1 saturated carbocycles. The van der Waals surface area contributed by atoms with Crippen molar-refractivity contribution in [2.24, 2.45) is 0 Å². The zero-order valence-electron chi connectivity index (χ0n) is 10.7. The second-order valence-electron chi connectivity index (χ2n) is 5.16. The molecule has 0 saturated heterocycles. The highest BCUT2D eigenvalue weighted by Gasteiger charge is 2.19. The van der Waals surface area contributed by atoms with Crippen LogP contribution in [0.15, 0.2) is 24.3 Å². The van der Waals surface area contributed by atoms with Crippen molar-refractivity contribution in [1.82, 2.24) is 0 Å². The molecule has 1 aliphatic carbocycles. The lowest BCUT2D eigenvalue weighted by Crippen LogP contribution is -2.12. The first-order valence-electron chi connectivity index (χ1n) is 6.90. The van der Waals surface area contributed by atoms with Crippen LogP contribution in [0.2, 0.25) is 0 Å². The molecule has 17 heavy (non-hydrogen) atoms. The van der Waals surface area contributed by atoms with E-state index in [9.17, 15) is 4.79 Å². The van der Waals surface area contributed by atoms with Gasteiger partial charge in [0.15, 0.2) is 0 Å². The molecule has 0 amide bonds. The Labute approximate surface area is 104 Å². The van der Waals surface area contributed by atoms with Crippen molar-refractivity contribution in [3.05, 3.63) is 35.4 Å². The number of hydrogen-bond donors (Lipinski definition) is 0. The molecular weight excluding hydrogens is 208 g/mol. The van der Waals surface area contributed by atoms with Gasteiger partial charge in [-0.05, 0) is 42.7 Å². The Morgan fingerprint density at radius 2 is 1.76 bits per heavy atom. The van der Waals surface area contributed by atoms with Gasteiger partial charge in [-0.25, -0.2) is 0 Å². The average Bonchev–Trinajstić information content (AvgIpc) is 2.38. The van der Waals surface area contributed by atoms with Gasteiger partial charge in [-0.1, -0.05) is 37.6 Å². The Balaban J connectivity index is 1.95. The van der Waals surface area contributed by atoms with Gasteiger partial charge in [-0.2, -0.15) is 0 Å². The lowest BCUT2D eigenvalue weighted by atomic mass is 9.83. The lowest BCUT2D eigenvalue weighted by Gasteiger charge is -2.21. The van der Waals surface area contributed by atoms with Gasteiger partial charge in [0.1, 0.15) is 5.78 Å². The molecule has 0 unspecified atom stereocenters. The van der Waals surface area contributed by atoms with Crippen molar-refractivity contribution in [1.29, 1.82) is 0 Å². The molecule has 0 aromatic heterocycles. The van der Waals surface area contributed by atoms with Gasteiger partial charge in [0, 0.05) is 12.8 Å². The summed E-state index contributed by atoms with van der Waals surface area (Å²) < 4.78 is 0. The van der Waals surface area contributed by atoms with Crippen LogP contribution in [0.1, 0.15) is 62.5 Å². The van der Waals surface area contributed by atoms with Crippen molar-refractivity contribution in [2.45, 2.75) is 57.8 Å². The van der Waals surface area contributed by atoms with Crippen LogP contribution in [0.25, 0.3) is 0 Å². The molecule has 1 aliphatic rings. The smallest absolute Gasteiger partial charge is 0.132 e. The molecule has 2 rings (SSSR count). The number of Topliss-reactive ketones (excluding diaryl/α,β-unsaturated/α-hetero) is 1. The highest BCUT2D eigenvalue weighted by molar-refractivity contribution is 5.79. The first-order chi connectivity index (χ1) is 8.29. The van der Waals surface area contributed by atoms with Crippen molar-refractivity contribution in [3.63, 3.8) is 0 Å². The zero-order chi connectivity index (χ0) is 12.1. The first kappa shape index (κ1) is 12.3. The number of aryl methyl sites for hydroxylation is 1. The summed E-state index contributed by atoms with van der Waals surface area (Å²) in [5.74, 6) is 1.06. The van der Waals surface area contributed by atoms with Crippen LogP contribution in [0.5, 0.6) is 0 Å². The van der Waals surface area contributed by atoms with Crippen LogP contribution in [-0.4, -0.2) is 5.78 Å². The molecule has 0 N–H and O–H groups in total. The van der Waals surface area contributed by atoms with Crippen LogP contribution in [-0.2, 0) is 11.2 Å². The third kappa shape index (κ3) is 3.42. The van der Waals surface area contributed by atoms with Crippen LogP contribution in [0.3, 0.4) is 0 Å². The fourth-order valence-corrected chi connectivity index (χ4v) is 2.61. The monoisotopic (exact) mass is 230 g/mol. The Kier molecular flexibility index (Phi) is 4.36. The molecule has 0 heterocycles. The molecule has 92 valence electrons. The third-order valence-corrected chi connectivity index (χ3v) is 3.81. The van der Waals surface area contributed by atoms with Crippen LogP contribution < -0.4 is 0 Å². The van der Waals surface area contributed by atoms with E-state index in [0.29, 0.717) is 11.7 Å². The summed E-state index contributed by atoms with van der Waals surface area (Å²) in [5, 5.41) is 0. The number of unbranched alkanes of at least 4 members (excludes halogenated alkanes) is 1. The van der Waals surface area contributed by atoms with E-state index in [1.807, 2.05) is 0 Å².